The average molecular weight is 508 g/mol. The number of hydrogen-bond acceptors (Lipinski definition) is 3. The second kappa shape index (κ2) is 8.51. The smallest absolute Gasteiger partial charge is 0.148 e. The average Bonchev–Trinajstić information content (AvgIpc) is 2.45. The Morgan fingerprint density at radius 2 is 1.74 bits per heavy atom. The van der Waals surface area contributed by atoms with E-state index in [1.165, 1.54) is 5.56 Å². The maximum atomic E-state index is 5.99. The lowest BCUT2D eigenvalue weighted by molar-refractivity contribution is 0.293. The molecule has 2 N–H and O–H groups in total. The van der Waals surface area contributed by atoms with Crippen molar-refractivity contribution in [1.82, 2.24) is 0 Å². The molecule has 23 heavy (non-hydrogen) atoms. The van der Waals surface area contributed by atoms with Crippen LogP contribution in [-0.4, -0.2) is 13.2 Å². The topological polar surface area (TPSA) is 44.5 Å². The fraction of sp³-hybridized carbons (Fsp3) is 0.294. The third-order valence-electron chi connectivity index (χ3n) is 3.24. The van der Waals surface area contributed by atoms with E-state index in [1.54, 1.807) is 7.11 Å². The predicted octanol–water partition coefficient (Wildman–Crippen LogP) is 5.45. The van der Waals surface area contributed by atoms with E-state index in [9.17, 15) is 0 Å². The Labute approximate surface area is 161 Å². The summed E-state index contributed by atoms with van der Waals surface area (Å²) < 4.78 is 14.1. The molecule has 2 aromatic rings. The summed E-state index contributed by atoms with van der Waals surface area (Å²) in [4.78, 5) is 0. The highest BCUT2D eigenvalue weighted by Gasteiger charge is 2.11. The zero-order valence-electron chi connectivity index (χ0n) is 12.9. The van der Waals surface area contributed by atoms with E-state index in [1.807, 2.05) is 31.2 Å². The second-order valence-electron chi connectivity index (χ2n) is 5.31. The Bertz CT molecular complexity index is 667. The summed E-state index contributed by atoms with van der Waals surface area (Å²) in [6.45, 7) is 2.41. The normalized spacial score (nSPS) is 12.1. The van der Waals surface area contributed by atoms with Crippen molar-refractivity contribution in [2.45, 2.75) is 26.0 Å². The second-order valence-corrected chi connectivity index (χ2v) is 7.94. The van der Waals surface area contributed by atoms with Crippen LogP contribution >= 0.6 is 47.8 Å². The lowest BCUT2D eigenvalue weighted by atomic mass is 10.0. The summed E-state index contributed by atoms with van der Waals surface area (Å²) in [7, 11) is 1.66. The lowest BCUT2D eigenvalue weighted by Crippen LogP contribution is -2.17. The first-order chi connectivity index (χ1) is 10.9. The number of rotatable bonds is 6. The summed E-state index contributed by atoms with van der Waals surface area (Å²) in [5.74, 6) is 1.57. The van der Waals surface area contributed by atoms with Gasteiger partial charge in [0.25, 0.3) is 0 Å². The number of hydrogen-bond donors (Lipinski definition) is 1. The van der Waals surface area contributed by atoms with Crippen LogP contribution in [0.25, 0.3) is 0 Å². The Hall–Kier alpha value is -0.560. The molecule has 0 radical (unpaired) electrons. The first-order valence-corrected chi connectivity index (χ1v) is 9.47. The van der Waals surface area contributed by atoms with Crippen LogP contribution in [0.15, 0.2) is 43.7 Å². The van der Waals surface area contributed by atoms with E-state index in [0.717, 1.165) is 36.9 Å². The van der Waals surface area contributed by atoms with Gasteiger partial charge in [-0.3, -0.25) is 0 Å². The summed E-state index contributed by atoms with van der Waals surface area (Å²) in [5, 5.41) is 0. The molecule has 0 aliphatic heterocycles. The molecule has 2 aromatic carbocycles. The van der Waals surface area contributed by atoms with Gasteiger partial charge in [-0.2, -0.15) is 0 Å². The Morgan fingerprint density at radius 1 is 1.09 bits per heavy atom. The van der Waals surface area contributed by atoms with Gasteiger partial charge in [0.2, 0.25) is 0 Å². The van der Waals surface area contributed by atoms with Crippen LogP contribution in [0, 0.1) is 0 Å². The zero-order chi connectivity index (χ0) is 17.0. The fourth-order valence-corrected chi connectivity index (χ4v) is 4.75. The minimum Gasteiger partial charge on any atom is -0.496 e. The first kappa shape index (κ1) is 18.8. The number of ether oxygens (including phenoxy) is 2. The van der Waals surface area contributed by atoms with Gasteiger partial charge >= 0.3 is 0 Å². The molecule has 1 atom stereocenters. The van der Waals surface area contributed by atoms with Gasteiger partial charge in [-0.15, -0.1) is 0 Å². The molecule has 0 aromatic heterocycles. The van der Waals surface area contributed by atoms with Crippen molar-refractivity contribution in [2.75, 3.05) is 7.11 Å². The van der Waals surface area contributed by atoms with E-state index in [-0.39, 0.29) is 6.04 Å². The van der Waals surface area contributed by atoms with Gasteiger partial charge < -0.3 is 15.2 Å². The molecule has 0 aliphatic carbocycles. The molecule has 0 heterocycles. The number of nitrogens with two attached hydrogens (primary N) is 1. The van der Waals surface area contributed by atoms with Gasteiger partial charge in [-0.05, 0) is 75.0 Å². The molecule has 124 valence electrons. The van der Waals surface area contributed by atoms with Crippen LogP contribution in [0.1, 0.15) is 18.1 Å². The highest BCUT2D eigenvalue weighted by atomic mass is 79.9. The summed E-state index contributed by atoms with van der Waals surface area (Å²) >= 11 is 10.5. The first-order valence-electron chi connectivity index (χ1n) is 7.09. The number of methoxy groups -OCH3 is 1. The minimum absolute atomic E-state index is 0.118. The maximum absolute atomic E-state index is 5.99. The summed E-state index contributed by atoms with van der Waals surface area (Å²) in [6, 6.07) is 10.1. The van der Waals surface area contributed by atoms with Gasteiger partial charge in [0, 0.05) is 16.1 Å². The van der Waals surface area contributed by atoms with Gasteiger partial charge in [0.05, 0.1) is 16.1 Å². The lowest BCUT2D eigenvalue weighted by Gasteiger charge is -2.15. The van der Waals surface area contributed by atoms with Gasteiger partial charge in [-0.25, -0.2) is 0 Å². The zero-order valence-corrected chi connectivity index (χ0v) is 17.7. The van der Waals surface area contributed by atoms with Crippen molar-refractivity contribution in [3.05, 3.63) is 54.9 Å². The predicted molar refractivity (Wildman–Crippen MR) is 104 cm³/mol. The summed E-state index contributed by atoms with van der Waals surface area (Å²) in [6.07, 6.45) is 0.822. The Kier molecular flexibility index (Phi) is 6.95. The molecule has 0 amide bonds. The monoisotopic (exact) mass is 505 g/mol. The minimum atomic E-state index is 0.118. The largest absolute Gasteiger partial charge is 0.496 e. The third kappa shape index (κ3) is 5.21. The van der Waals surface area contributed by atoms with Crippen molar-refractivity contribution >= 4 is 47.8 Å². The molecule has 2 rings (SSSR count). The molecule has 0 spiro atoms. The van der Waals surface area contributed by atoms with E-state index < -0.39 is 0 Å². The van der Waals surface area contributed by atoms with E-state index >= 15 is 0 Å². The molecule has 0 saturated heterocycles. The van der Waals surface area contributed by atoms with Crippen LogP contribution in [0.3, 0.4) is 0 Å². The highest BCUT2D eigenvalue weighted by molar-refractivity contribution is 9.11. The van der Waals surface area contributed by atoms with Gasteiger partial charge in [0.1, 0.15) is 18.1 Å². The van der Waals surface area contributed by atoms with Crippen LogP contribution in [0.2, 0.25) is 0 Å². The van der Waals surface area contributed by atoms with Crippen molar-refractivity contribution in [3.8, 4) is 11.5 Å². The van der Waals surface area contributed by atoms with Crippen LogP contribution < -0.4 is 15.2 Å². The summed E-state index contributed by atoms with van der Waals surface area (Å²) in [5.41, 5.74) is 8.05. The van der Waals surface area contributed by atoms with Crippen molar-refractivity contribution in [3.63, 3.8) is 0 Å². The Morgan fingerprint density at radius 3 is 2.30 bits per heavy atom. The van der Waals surface area contributed by atoms with Gasteiger partial charge in [0.15, 0.2) is 0 Å². The molecule has 1 unspecified atom stereocenters. The van der Waals surface area contributed by atoms with Crippen molar-refractivity contribution in [2.24, 2.45) is 5.73 Å². The molecule has 3 nitrogen and oxygen atoms in total. The maximum Gasteiger partial charge on any atom is 0.148 e. The molecule has 0 saturated carbocycles. The van der Waals surface area contributed by atoms with Crippen molar-refractivity contribution < 1.29 is 9.47 Å². The standard InChI is InChI=1S/C17H18Br3NO2/c1-10(21)5-11-3-4-16(22-2)12(6-11)9-23-17-14(19)7-13(18)8-15(17)20/h3-4,6-8,10H,5,9,21H2,1-2H3. The van der Waals surface area contributed by atoms with Crippen molar-refractivity contribution in [1.29, 1.82) is 0 Å². The highest BCUT2D eigenvalue weighted by Crippen LogP contribution is 2.37. The molecule has 6 heteroatoms. The number of halogens is 3. The number of benzene rings is 2. The third-order valence-corrected chi connectivity index (χ3v) is 4.87. The van der Waals surface area contributed by atoms with Crippen LogP contribution in [-0.2, 0) is 13.0 Å². The molecule has 0 fully saturated rings. The van der Waals surface area contributed by atoms with E-state index in [4.69, 9.17) is 15.2 Å². The molecule has 0 aliphatic rings. The molecular weight excluding hydrogens is 490 g/mol. The van der Waals surface area contributed by atoms with Gasteiger partial charge in [-0.1, -0.05) is 22.0 Å². The molecule has 0 bridgehead atoms. The van der Waals surface area contributed by atoms with Crippen LogP contribution in [0.4, 0.5) is 0 Å². The van der Waals surface area contributed by atoms with E-state index in [2.05, 4.69) is 53.9 Å². The fourth-order valence-electron chi connectivity index (χ4n) is 2.26. The quantitative estimate of drug-likeness (QED) is 0.565. The van der Waals surface area contributed by atoms with Crippen LogP contribution in [0.5, 0.6) is 11.5 Å². The Balaban J connectivity index is 2.22. The SMILES string of the molecule is COc1ccc(CC(C)N)cc1COc1c(Br)cc(Br)cc1Br. The van der Waals surface area contributed by atoms with E-state index in [0.29, 0.717) is 6.61 Å². The molecular formula is C17H18Br3NO2.